The van der Waals surface area contributed by atoms with Gasteiger partial charge in [-0.2, -0.15) is 13.2 Å². The van der Waals surface area contributed by atoms with Crippen molar-refractivity contribution in [1.29, 1.82) is 0 Å². The normalized spacial score (nSPS) is 16.6. The van der Waals surface area contributed by atoms with Crippen LogP contribution >= 0.6 is 0 Å². The average Bonchev–Trinajstić information content (AvgIpc) is 2.89. The summed E-state index contributed by atoms with van der Waals surface area (Å²) in [5.74, 6) is 0.293. The molecule has 0 bridgehead atoms. The van der Waals surface area contributed by atoms with E-state index in [-0.39, 0.29) is 5.56 Å². The summed E-state index contributed by atoms with van der Waals surface area (Å²) in [4.78, 5) is 4.14. The van der Waals surface area contributed by atoms with Crippen LogP contribution in [-0.4, -0.2) is 14.7 Å². The Morgan fingerprint density at radius 3 is 2.71 bits per heavy atom. The first kappa shape index (κ1) is 14.1. The molecule has 6 heteroatoms. The quantitative estimate of drug-likeness (QED) is 0.923. The van der Waals surface area contributed by atoms with Gasteiger partial charge in [0.2, 0.25) is 0 Å². The summed E-state index contributed by atoms with van der Waals surface area (Å²) in [6.07, 6.45) is -1.37. The lowest BCUT2D eigenvalue weighted by Gasteiger charge is -2.21. The van der Waals surface area contributed by atoms with Crippen LogP contribution in [0.2, 0.25) is 0 Å². The maximum Gasteiger partial charge on any atom is 0.416 e. The fraction of sp³-hybridized carbons (Fsp3) is 0.400. The van der Waals surface area contributed by atoms with E-state index >= 15 is 0 Å². The molecule has 1 atom stereocenters. The van der Waals surface area contributed by atoms with E-state index in [0.29, 0.717) is 12.4 Å². The van der Waals surface area contributed by atoms with E-state index in [1.165, 1.54) is 18.2 Å². The molecule has 112 valence electrons. The van der Waals surface area contributed by atoms with E-state index < -0.39 is 17.8 Å². The Labute approximate surface area is 120 Å². The lowest BCUT2D eigenvalue weighted by atomic mass is 10.0. The van der Waals surface area contributed by atoms with Crippen LogP contribution < -0.4 is 0 Å². The number of aromatic nitrogens is 2. The number of hydrogen-bond acceptors (Lipinski definition) is 2. The molecule has 1 aromatic heterocycles. The molecule has 3 rings (SSSR count). The molecule has 1 aliphatic heterocycles. The summed E-state index contributed by atoms with van der Waals surface area (Å²) >= 11 is 0. The molecule has 2 heterocycles. The average molecular weight is 296 g/mol. The van der Waals surface area contributed by atoms with Crippen molar-refractivity contribution < 1.29 is 18.3 Å². The molecule has 0 aliphatic carbocycles. The van der Waals surface area contributed by atoms with Gasteiger partial charge in [-0.3, -0.25) is 0 Å². The monoisotopic (exact) mass is 296 g/mol. The van der Waals surface area contributed by atoms with Crippen molar-refractivity contribution in [3.63, 3.8) is 0 Å². The highest BCUT2D eigenvalue weighted by Gasteiger charge is 2.36. The number of benzene rings is 1. The third kappa shape index (κ3) is 2.55. The maximum atomic E-state index is 13.1. The van der Waals surface area contributed by atoms with Gasteiger partial charge in [-0.05, 0) is 25.3 Å². The summed E-state index contributed by atoms with van der Waals surface area (Å²) in [6.45, 7) is 0.690. The zero-order valence-electron chi connectivity index (χ0n) is 11.3. The van der Waals surface area contributed by atoms with Gasteiger partial charge in [0.15, 0.2) is 0 Å². The molecule has 3 nitrogen and oxygen atoms in total. The van der Waals surface area contributed by atoms with Gasteiger partial charge in [0.25, 0.3) is 0 Å². The SMILES string of the molecule is OC(c1ccccc1C(F)(F)F)c1ncc2n1CCCC2. The van der Waals surface area contributed by atoms with Crippen molar-refractivity contribution in [1.82, 2.24) is 9.55 Å². The zero-order valence-corrected chi connectivity index (χ0v) is 11.3. The Morgan fingerprint density at radius 2 is 1.95 bits per heavy atom. The number of aliphatic hydroxyl groups excluding tert-OH is 1. The van der Waals surface area contributed by atoms with Crippen molar-refractivity contribution >= 4 is 0 Å². The largest absolute Gasteiger partial charge is 0.416 e. The summed E-state index contributed by atoms with van der Waals surface area (Å²) in [6, 6.07) is 5.10. The first-order chi connectivity index (χ1) is 9.98. The Bertz CT molecular complexity index is 649. The van der Waals surface area contributed by atoms with Crippen molar-refractivity contribution in [3.8, 4) is 0 Å². The van der Waals surface area contributed by atoms with Crippen LogP contribution in [0.1, 0.15) is 41.6 Å². The number of rotatable bonds is 2. The molecule has 0 spiro atoms. The van der Waals surface area contributed by atoms with Crippen molar-refractivity contribution in [2.75, 3.05) is 0 Å². The lowest BCUT2D eigenvalue weighted by Crippen LogP contribution is -2.18. The highest BCUT2D eigenvalue weighted by atomic mass is 19.4. The lowest BCUT2D eigenvalue weighted by molar-refractivity contribution is -0.139. The first-order valence-corrected chi connectivity index (χ1v) is 6.87. The Balaban J connectivity index is 2.03. The number of fused-ring (bicyclic) bond motifs is 1. The predicted molar refractivity (Wildman–Crippen MR) is 70.7 cm³/mol. The second kappa shape index (κ2) is 5.18. The van der Waals surface area contributed by atoms with Crippen LogP contribution in [0.4, 0.5) is 13.2 Å². The molecule has 0 amide bonds. The molecule has 21 heavy (non-hydrogen) atoms. The molecular formula is C15H15F3N2O. The van der Waals surface area contributed by atoms with Gasteiger partial charge in [0.1, 0.15) is 11.9 Å². The number of halogens is 3. The number of aliphatic hydroxyl groups is 1. The number of alkyl halides is 3. The first-order valence-electron chi connectivity index (χ1n) is 6.87. The molecule has 0 saturated heterocycles. The molecule has 1 N–H and O–H groups in total. The van der Waals surface area contributed by atoms with Gasteiger partial charge >= 0.3 is 6.18 Å². The van der Waals surface area contributed by atoms with Crippen molar-refractivity contribution in [2.24, 2.45) is 0 Å². The summed E-state index contributed by atoms with van der Waals surface area (Å²) in [5.41, 5.74) is 0.00872. The molecule has 1 unspecified atom stereocenters. The smallest absolute Gasteiger partial charge is 0.380 e. The zero-order chi connectivity index (χ0) is 15.0. The van der Waals surface area contributed by atoms with Crippen LogP contribution in [0.3, 0.4) is 0 Å². The van der Waals surface area contributed by atoms with Crippen LogP contribution in [0.15, 0.2) is 30.5 Å². The van der Waals surface area contributed by atoms with Gasteiger partial charge in [-0.15, -0.1) is 0 Å². The molecule has 0 radical (unpaired) electrons. The summed E-state index contributed by atoms with van der Waals surface area (Å²) < 4.78 is 41.0. The van der Waals surface area contributed by atoms with Gasteiger partial charge in [-0.1, -0.05) is 18.2 Å². The molecule has 2 aromatic rings. The van der Waals surface area contributed by atoms with E-state index in [2.05, 4.69) is 4.98 Å². The van der Waals surface area contributed by atoms with Crippen LogP contribution in [0, 0.1) is 0 Å². The van der Waals surface area contributed by atoms with E-state index in [1.54, 1.807) is 6.20 Å². The Hall–Kier alpha value is -1.82. The van der Waals surface area contributed by atoms with E-state index in [1.807, 2.05) is 4.57 Å². The number of hydrogen-bond donors (Lipinski definition) is 1. The second-order valence-electron chi connectivity index (χ2n) is 5.20. The van der Waals surface area contributed by atoms with E-state index in [9.17, 15) is 18.3 Å². The van der Waals surface area contributed by atoms with Gasteiger partial charge in [0, 0.05) is 24.0 Å². The van der Waals surface area contributed by atoms with E-state index in [0.717, 1.165) is 31.0 Å². The van der Waals surface area contributed by atoms with Gasteiger partial charge < -0.3 is 9.67 Å². The van der Waals surface area contributed by atoms with E-state index in [4.69, 9.17) is 0 Å². The molecule has 1 aromatic carbocycles. The van der Waals surface area contributed by atoms with Gasteiger partial charge in [-0.25, -0.2) is 4.98 Å². The molecular weight excluding hydrogens is 281 g/mol. The maximum absolute atomic E-state index is 13.1. The topological polar surface area (TPSA) is 38.1 Å². The number of nitrogens with zero attached hydrogens (tertiary/aromatic N) is 2. The molecule has 0 fully saturated rings. The second-order valence-corrected chi connectivity index (χ2v) is 5.20. The number of imidazole rings is 1. The third-order valence-electron chi connectivity index (χ3n) is 3.84. The van der Waals surface area contributed by atoms with Gasteiger partial charge in [0.05, 0.1) is 5.56 Å². The highest BCUT2D eigenvalue weighted by Crippen LogP contribution is 2.36. The standard InChI is InChI=1S/C15H15F3N2O/c16-15(17,18)12-7-2-1-6-11(12)13(21)14-19-9-10-5-3-4-8-20(10)14/h1-2,6-7,9,13,21H,3-5,8H2. The highest BCUT2D eigenvalue weighted by molar-refractivity contribution is 5.35. The van der Waals surface area contributed by atoms with Crippen LogP contribution in [0.5, 0.6) is 0 Å². The minimum atomic E-state index is -4.49. The molecule has 0 saturated carbocycles. The molecule has 1 aliphatic rings. The summed E-state index contributed by atoms with van der Waals surface area (Å²) in [7, 11) is 0. The fourth-order valence-corrected chi connectivity index (χ4v) is 2.81. The Morgan fingerprint density at radius 1 is 1.19 bits per heavy atom. The fourth-order valence-electron chi connectivity index (χ4n) is 2.81. The number of aryl methyl sites for hydroxylation is 1. The Kier molecular flexibility index (Phi) is 3.49. The van der Waals surface area contributed by atoms with Crippen LogP contribution in [-0.2, 0) is 19.1 Å². The minimum absolute atomic E-state index is 0.149. The predicted octanol–water partition coefficient (Wildman–Crippen LogP) is 3.32. The third-order valence-corrected chi connectivity index (χ3v) is 3.84. The van der Waals surface area contributed by atoms with Crippen LogP contribution in [0.25, 0.3) is 0 Å². The minimum Gasteiger partial charge on any atom is -0.380 e. The summed E-state index contributed by atoms with van der Waals surface area (Å²) in [5, 5.41) is 10.4. The van der Waals surface area contributed by atoms with Crippen molar-refractivity contribution in [3.05, 3.63) is 53.1 Å². The van der Waals surface area contributed by atoms with Crippen molar-refractivity contribution in [2.45, 2.75) is 38.1 Å².